The maximum Gasteiger partial charge on any atom is 0.169 e. The predicted molar refractivity (Wildman–Crippen MR) is 65.7 cm³/mol. The summed E-state index contributed by atoms with van der Waals surface area (Å²) in [5.41, 5.74) is 0.200. The van der Waals surface area contributed by atoms with Crippen LogP contribution in [0.3, 0.4) is 0 Å². The zero-order valence-corrected chi connectivity index (χ0v) is 10.9. The summed E-state index contributed by atoms with van der Waals surface area (Å²) in [6.07, 6.45) is 9.54. The lowest BCUT2D eigenvalue weighted by atomic mass is 9.73. The van der Waals surface area contributed by atoms with Crippen molar-refractivity contribution < 1.29 is 14.3 Å². The molecule has 3 heteroatoms. The molecule has 1 saturated carbocycles. The van der Waals surface area contributed by atoms with Crippen LogP contribution < -0.4 is 0 Å². The molecular weight excluding hydrogens is 216 g/mol. The van der Waals surface area contributed by atoms with Crippen LogP contribution in [0.1, 0.15) is 58.3 Å². The summed E-state index contributed by atoms with van der Waals surface area (Å²) in [7, 11) is 0. The summed E-state index contributed by atoms with van der Waals surface area (Å²) in [6.45, 7) is 3.74. The molecule has 0 bridgehead atoms. The van der Waals surface area contributed by atoms with Gasteiger partial charge in [0.2, 0.25) is 0 Å². The van der Waals surface area contributed by atoms with Gasteiger partial charge in [-0.1, -0.05) is 19.8 Å². The Kier molecular flexibility index (Phi) is 4.21. The molecule has 1 unspecified atom stereocenters. The van der Waals surface area contributed by atoms with Gasteiger partial charge in [-0.05, 0) is 24.7 Å². The summed E-state index contributed by atoms with van der Waals surface area (Å²) in [6, 6.07) is 0. The molecule has 1 spiro atoms. The quantitative estimate of drug-likeness (QED) is 0.711. The Morgan fingerprint density at radius 3 is 2.53 bits per heavy atom. The maximum absolute atomic E-state index is 10.6. The molecule has 0 amide bonds. The van der Waals surface area contributed by atoms with Gasteiger partial charge in [-0.25, -0.2) is 0 Å². The van der Waals surface area contributed by atoms with Crippen LogP contribution in [0.25, 0.3) is 0 Å². The van der Waals surface area contributed by atoms with Crippen LogP contribution in [0.15, 0.2) is 0 Å². The number of rotatable bonds is 3. The minimum absolute atomic E-state index is 0.200. The van der Waals surface area contributed by atoms with Gasteiger partial charge in [-0.3, -0.25) is 0 Å². The van der Waals surface area contributed by atoms with Crippen molar-refractivity contribution in [3.8, 4) is 0 Å². The Bertz CT molecular complexity index is 258. The third-order valence-electron chi connectivity index (χ3n) is 4.21. The number of hydrogen-bond acceptors (Lipinski definition) is 3. The molecule has 98 valence electrons. The highest BCUT2D eigenvalue weighted by Gasteiger charge is 2.43. The smallest absolute Gasteiger partial charge is 0.169 e. The van der Waals surface area contributed by atoms with Gasteiger partial charge in [-0.2, -0.15) is 0 Å². The maximum atomic E-state index is 10.6. The molecular formula is C14H24O3. The highest BCUT2D eigenvalue weighted by molar-refractivity contribution is 5.49. The number of carbonyl (C=O) groups is 1. The second-order valence-corrected chi connectivity index (χ2v) is 5.86. The Morgan fingerprint density at radius 2 is 1.82 bits per heavy atom. The Labute approximate surface area is 104 Å². The van der Waals surface area contributed by atoms with Crippen LogP contribution in [0, 0.1) is 5.41 Å². The summed E-state index contributed by atoms with van der Waals surface area (Å²) in [4.78, 5) is 10.6. The van der Waals surface area contributed by atoms with Crippen LogP contribution in [0.4, 0.5) is 0 Å². The Balaban J connectivity index is 2.05. The fraction of sp³-hybridized carbons (Fsp3) is 0.929. The molecule has 0 aromatic rings. The van der Waals surface area contributed by atoms with Crippen LogP contribution in [-0.4, -0.2) is 25.3 Å². The lowest BCUT2D eigenvalue weighted by Gasteiger charge is -2.40. The number of carbonyl (C=O) groups excluding carboxylic acids is 1. The SMILES string of the molecule is CC1(CCC=O)CCCCCC2(C1)OCCO2. The second kappa shape index (κ2) is 5.49. The van der Waals surface area contributed by atoms with Gasteiger partial charge >= 0.3 is 0 Å². The molecule has 0 radical (unpaired) electrons. The van der Waals surface area contributed by atoms with Crippen LogP contribution in [-0.2, 0) is 14.3 Å². The molecule has 0 aromatic heterocycles. The number of aldehydes is 1. The second-order valence-electron chi connectivity index (χ2n) is 5.86. The van der Waals surface area contributed by atoms with E-state index in [0.717, 1.165) is 38.8 Å². The van der Waals surface area contributed by atoms with E-state index < -0.39 is 0 Å². The summed E-state index contributed by atoms with van der Waals surface area (Å²) >= 11 is 0. The van der Waals surface area contributed by atoms with Gasteiger partial charge in [0, 0.05) is 19.3 Å². The van der Waals surface area contributed by atoms with Gasteiger partial charge in [0.1, 0.15) is 6.29 Å². The lowest BCUT2D eigenvalue weighted by molar-refractivity contribution is -0.189. The third kappa shape index (κ3) is 3.29. The predicted octanol–water partition coefficient (Wildman–Crippen LogP) is 3.07. The van der Waals surface area contributed by atoms with Crippen molar-refractivity contribution >= 4 is 6.29 Å². The van der Waals surface area contributed by atoms with Crippen molar-refractivity contribution in [2.24, 2.45) is 5.41 Å². The normalized spacial score (nSPS) is 33.2. The highest BCUT2D eigenvalue weighted by Crippen LogP contribution is 2.45. The van der Waals surface area contributed by atoms with Crippen molar-refractivity contribution in [3.63, 3.8) is 0 Å². The van der Waals surface area contributed by atoms with E-state index in [2.05, 4.69) is 6.92 Å². The summed E-state index contributed by atoms with van der Waals surface area (Å²) in [5, 5.41) is 0. The van der Waals surface area contributed by atoms with E-state index in [9.17, 15) is 4.79 Å². The fourth-order valence-electron chi connectivity index (χ4n) is 3.31. The van der Waals surface area contributed by atoms with Crippen molar-refractivity contribution in [3.05, 3.63) is 0 Å². The molecule has 2 aliphatic rings. The molecule has 1 heterocycles. The van der Waals surface area contributed by atoms with Crippen molar-refractivity contribution in [1.29, 1.82) is 0 Å². The number of ether oxygens (including phenoxy) is 2. The average Bonchev–Trinajstić information content (AvgIpc) is 2.73. The van der Waals surface area contributed by atoms with E-state index in [1.807, 2.05) is 0 Å². The van der Waals surface area contributed by atoms with Gasteiger partial charge in [-0.15, -0.1) is 0 Å². The zero-order chi connectivity index (χ0) is 12.2. The molecule has 1 aliphatic heterocycles. The third-order valence-corrected chi connectivity index (χ3v) is 4.21. The van der Waals surface area contributed by atoms with Gasteiger partial charge in [0.25, 0.3) is 0 Å². The van der Waals surface area contributed by atoms with E-state index in [1.54, 1.807) is 0 Å². The minimum atomic E-state index is -0.335. The summed E-state index contributed by atoms with van der Waals surface area (Å²) < 4.78 is 11.8. The molecule has 1 atom stereocenters. The van der Waals surface area contributed by atoms with E-state index in [0.29, 0.717) is 6.42 Å². The zero-order valence-electron chi connectivity index (χ0n) is 10.9. The Morgan fingerprint density at radius 1 is 1.12 bits per heavy atom. The highest BCUT2D eigenvalue weighted by atomic mass is 16.7. The van der Waals surface area contributed by atoms with Gasteiger partial charge in [0.05, 0.1) is 13.2 Å². The first-order valence-electron chi connectivity index (χ1n) is 6.90. The minimum Gasteiger partial charge on any atom is -0.348 e. The topological polar surface area (TPSA) is 35.5 Å². The van der Waals surface area contributed by atoms with E-state index in [4.69, 9.17) is 9.47 Å². The molecule has 1 saturated heterocycles. The molecule has 2 rings (SSSR count). The monoisotopic (exact) mass is 240 g/mol. The van der Waals surface area contributed by atoms with Crippen LogP contribution >= 0.6 is 0 Å². The average molecular weight is 240 g/mol. The summed E-state index contributed by atoms with van der Waals surface area (Å²) in [5.74, 6) is -0.335. The first kappa shape index (κ1) is 13.0. The van der Waals surface area contributed by atoms with E-state index in [1.165, 1.54) is 25.7 Å². The molecule has 3 nitrogen and oxygen atoms in total. The molecule has 2 fully saturated rings. The fourth-order valence-corrected chi connectivity index (χ4v) is 3.31. The molecule has 0 N–H and O–H groups in total. The largest absolute Gasteiger partial charge is 0.348 e. The molecule has 17 heavy (non-hydrogen) atoms. The van der Waals surface area contributed by atoms with E-state index in [-0.39, 0.29) is 11.2 Å². The van der Waals surface area contributed by atoms with E-state index >= 15 is 0 Å². The van der Waals surface area contributed by atoms with Crippen molar-refractivity contribution in [1.82, 2.24) is 0 Å². The van der Waals surface area contributed by atoms with Crippen molar-refractivity contribution in [2.75, 3.05) is 13.2 Å². The lowest BCUT2D eigenvalue weighted by Crippen LogP contribution is -2.38. The first-order valence-corrected chi connectivity index (χ1v) is 6.90. The van der Waals surface area contributed by atoms with Crippen LogP contribution in [0.2, 0.25) is 0 Å². The number of hydrogen-bond donors (Lipinski definition) is 0. The Hall–Kier alpha value is -0.410. The van der Waals surface area contributed by atoms with Crippen molar-refractivity contribution in [2.45, 2.75) is 64.1 Å². The molecule has 0 aromatic carbocycles. The molecule has 1 aliphatic carbocycles. The van der Waals surface area contributed by atoms with Gasteiger partial charge in [0.15, 0.2) is 5.79 Å². The first-order chi connectivity index (χ1) is 8.18. The van der Waals surface area contributed by atoms with Crippen LogP contribution in [0.5, 0.6) is 0 Å². The van der Waals surface area contributed by atoms with Gasteiger partial charge < -0.3 is 14.3 Å². The standard InChI is InChI=1S/C14H24O3/c1-13(7-5-9-15)6-3-2-4-8-14(12-13)16-10-11-17-14/h9H,2-8,10-12H2,1H3.